The van der Waals surface area contributed by atoms with Crippen molar-refractivity contribution in [2.45, 2.75) is 19.5 Å². The largest absolute Gasteiger partial charge is 0.507 e. The number of hydrogen-bond donors (Lipinski definition) is 1. The fraction of sp³-hybridized carbons (Fsp3) is 0.174. The van der Waals surface area contributed by atoms with Gasteiger partial charge in [-0.25, -0.2) is 0 Å². The number of amides is 1. The molecule has 0 saturated carbocycles. The van der Waals surface area contributed by atoms with Gasteiger partial charge in [0.15, 0.2) is 0 Å². The third-order valence-electron chi connectivity index (χ3n) is 5.02. The number of carbonyl (C=O) groups is 2. The van der Waals surface area contributed by atoms with E-state index >= 15 is 0 Å². The maximum absolute atomic E-state index is 13.0. The second kappa shape index (κ2) is 7.87. The smallest absolute Gasteiger partial charge is 0.296 e. The summed E-state index contributed by atoms with van der Waals surface area (Å²) in [6, 6.07) is 13.0. The van der Waals surface area contributed by atoms with Crippen molar-refractivity contribution in [2.75, 3.05) is 7.11 Å². The minimum atomic E-state index is -0.860. The minimum Gasteiger partial charge on any atom is -0.507 e. The van der Waals surface area contributed by atoms with Gasteiger partial charge in [0.1, 0.15) is 23.3 Å². The van der Waals surface area contributed by atoms with Crippen molar-refractivity contribution in [3.05, 3.63) is 89.1 Å². The first-order chi connectivity index (χ1) is 14.5. The molecule has 1 aliphatic heterocycles. The molecule has 152 valence electrons. The van der Waals surface area contributed by atoms with E-state index in [1.165, 1.54) is 18.3 Å². The molecule has 4 rings (SSSR count). The number of rotatable bonds is 5. The summed E-state index contributed by atoms with van der Waals surface area (Å²) in [4.78, 5) is 31.6. The maximum atomic E-state index is 13.0. The van der Waals surface area contributed by atoms with Crippen molar-refractivity contribution in [2.24, 2.45) is 0 Å². The molecule has 1 unspecified atom stereocenters. The molecule has 7 nitrogen and oxygen atoms in total. The van der Waals surface area contributed by atoms with E-state index in [1.807, 2.05) is 13.0 Å². The molecular formula is C23H20N2O5. The van der Waals surface area contributed by atoms with Crippen LogP contribution >= 0.6 is 0 Å². The van der Waals surface area contributed by atoms with Crippen LogP contribution in [0.1, 0.15) is 28.6 Å². The Morgan fingerprint density at radius 2 is 2.03 bits per heavy atom. The number of ether oxygens (including phenoxy) is 1. The predicted molar refractivity (Wildman–Crippen MR) is 109 cm³/mol. The molecule has 1 saturated heterocycles. The number of nitrogens with zero attached hydrogens (tertiary/aromatic N) is 2. The molecule has 1 fully saturated rings. The minimum absolute atomic E-state index is 0.0332. The predicted octanol–water partition coefficient (Wildman–Crippen LogP) is 3.61. The number of aryl methyl sites for hydroxylation is 1. The summed E-state index contributed by atoms with van der Waals surface area (Å²) in [5.41, 5.74) is 1.65. The van der Waals surface area contributed by atoms with Crippen LogP contribution in [-0.4, -0.2) is 33.8 Å². The van der Waals surface area contributed by atoms with E-state index < -0.39 is 17.7 Å². The summed E-state index contributed by atoms with van der Waals surface area (Å²) >= 11 is 0. The molecule has 30 heavy (non-hydrogen) atoms. The van der Waals surface area contributed by atoms with Gasteiger partial charge in [0.25, 0.3) is 11.7 Å². The van der Waals surface area contributed by atoms with E-state index in [0.717, 1.165) is 5.56 Å². The van der Waals surface area contributed by atoms with Gasteiger partial charge in [0, 0.05) is 6.20 Å². The first-order valence-corrected chi connectivity index (χ1v) is 9.38. The number of furan rings is 1. The van der Waals surface area contributed by atoms with Crippen LogP contribution < -0.4 is 4.74 Å². The van der Waals surface area contributed by atoms with Gasteiger partial charge in [-0.15, -0.1) is 0 Å². The third kappa shape index (κ3) is 3.34. The average molecular weight is 404 g/mol. The lowest BCUT2D eigenvalue weighted by atomic mass is 9.97. The second-order valence-corrected chi connectivity index (χ2v) is 6.96. The Kier molecular flexibility index (Phi) is 5.10. The van der Waals surface area contributed by atoms with Gasteiger partial charge in [-0.2, -0.15) is 0 Å². The summed E-state index contributed by atoms with van der Waals surface area (Å²) in [6.45, 7) is 1.93. The Hall–Kier alpha value is -3.87. The van der Waals surface area contributed by atoms with Crippen molar-refractivity contribution >= 4 is 17.4 Å². The normalized spacial score (nSPS) is 18.1. The van der Waals surface area contributed by atoms with Gasteiger partial charge in [0.05, 0.1) is 36.7 Å². The molecule has 2 aromatic heterocycles. The molecule has 0 radical (unpaired) electrons. The Morgan fingerprint density at radius 3 is 2.70 bits per heavy atom. The zero-order chi connectivity index (χ0) is 21.3. The Labute approximate surface area is 173 Å². The Balaban J connectivity index is 1.90. The van der Waals surface area contributed by atoms with E-state index in [9.17, 15) is 14.7 Å². The molecule has 0 aliphatic carbocycles. The Morgan fingerprint density at radius 1 is 1.20 bits per heavy atom. The van der Waals surface area contributed by atoms with Gasteiger partial charge >= 0.3 is 0 Å². The van der Waals surface area contributed by atoms with Crippen LogP contribution in [-0.2, 0) is 16.1 Å². The first-order valence-electron chi connectivity index (χ1n) is 9.38. The molecule has 3 aromatic rings. The van der Waals surface area contributed by atoms with E-state index in [0.29, 0.717) is 22.8 Å². The van der Waals surface area contributed by atoms with Crippen molar-refractivity contribution in [3.63, 3.8) is 0 Å². The fourth-order valence-corrected chi connectivity index (χ4v) is 3.61. The first kappa shape index (κ1) is 19.4. The molecule has 0 bridgehead atoms. The number of aromatic nitrogens is 1. The third-order valence-corrected chi connectivity index (χ3v) is 5.02. The van der Waals surface area contributed by atoms with Crippen LogP contribution in [0.2, 0.25) is 0 Å². The standard InChI is InChI=1S/C23H20N2O5/c1-14-8-9-18(29-2)16(12-14)21(26)19-20(17-7-3-4-10-24-17)25(23(28)22(19)27)13-15-6-5-11-30-15/h3-12,20,26H,13H2,1-2H3/b21-19+. The van der Waals surface area contributed by atoms with Crippen LogP contribution in [0.15, 0.2) is 71.0 Å². The zero-order valence-electron chi connectivity index (χ0n) is 16.5. The van der Waals surface area contributed by atoms with Gasteiger partial charge in [-0.1, -0.05) is 17.7 Å². The molecule has 1 aliphatic rings. The summed E-state index contributed by atoms with van der Waals surface area (Å²) in [5.74, 6) is -0.888. The van der Waals surface area contributed by atoms with Gasteiger partial charge in [-0.3, -0.25) is 14.6 Å². The molecule has 1 atom stereocenters. The van der Waals surface area contributed by atoms with Crippen LogP contribution in [0.4, 0.5) is 0 Å². The molecule has 1 N–H and O–H groups in total. The monoisotopic (exact) mass is 404 g/mol. The van der Waals surface area contributed by atoms with Gasteiger partial charge in [0.2, 0.25) is 0 Å². The van der Waals surface area contributed by atoms with E-state index in [1.54, 1.807) is 48.7 Å². The highest BCUT2D eigenvalue weighted by molar-refractivity contribution is 6.46. The lowest BCUT2D eigenvalue weighted by Crippen LogP contribution is -2.29. The number of carbonyl (C=O) groups excluding carboxylic acids is 2. The van der Waals surface area contributed by atoms with Crippen molar-refractivity contribution < 1.29 is 23.8 Å². The summed E-state index contributed by atoms with van der Waals surface area (Å²) in [7, 11) is 1.48. The molecule has 1 amide bonds. The van der Waals surface area contributed by atoms with Crippen LogP contribution in [0.25, 0.3) is 5.76 Å². The lowest BCUT2D eigenvalue weighted by molar-refractivity contribution is -0.140. The number of aliphatic hydroxyl groups is 1. The number of benzene rings is 1. The topological polar surface area (TPSA) is 92.9 Å². The highest BCUT2D eigenvalue weighted by Gasteiger charge is 2.47. The number of likely N-dealkylation sites (tertiary alicyclic amines) is 1. The zero-order valence-corrected chi connectivity index (χ0v) is 16.5. The molecule has 1 aromatic carbocycles. The number of Topliss-reactive ketones (excluding diaryl/α,β-unsaturated/α-hetero) is 1. The summed E-state index contributed by atoms with van der Waals surface area (Å²) < 4.78 is 10.7. The van der Waals surface area contributed by atoms with Gasteiger partial charge < -0.3 is 19.2 Å². The van der Waals surface area contributed by atoms with E-state index in [2.05, 4.69) is 4.98 Å². The quantitative estimate of drug-likeness (QED) is 0.397. The summed E-state index contributed by atoms with van der Waals surface area (Å²) in [6.07, 6.45) is 3.08. The van der Waals surface area contributed by atoms with Crippen LogP contribution in [0, 0.1) is 6.92 Å². The van der Waals surface area contributed by atoms with Crippen molar-refractivity contribution in [1.82, 2.24) is 9.88 Å². The highest BCUT2D eigenvalue weighted by atomic mass is 16.5. The summed E-state index contributed by atoms with van der Waals surface area (Å²) in [5, 5.41) is 11.2. The molecular weight excluding hydrogens is 384 g/mol. The average Bonchev–Trinajstić information content (AvgIpc) is 3.36. The fourth-order valence-electron chi connectivity index (χ4n) is 3.61. The number of pyridine rings is 1. The molecule has 3 heterocycles. The van der Waals surface area contributed by atoms with Crippen molar-refractivity contribution in [1.29, 1.82) is 0 Å². The van der Waals surface area contributed by atoms with E-state index in [-0.39, 0.29) is 17.9 Å². The molecule has 0 spiro atoms. The number of methoxy groups -OCH3 is 1. The maximum Gasteiger partial charge on any atom is 0.296 e. The number of ketones is 1. The van der Waals surface area contributed by atoms with E-state index in [4.69, 9.17) is 9.15 Å². The number of aliphatic hydroxyl groups excluding tert-OH is 1. The Bertz CT molecular complexity index is 1120. The number of hydrogen-bond acceptors (Lipinski definition) is 6. The van der Waals surface area contributed by atoms with Crippen LogP contribution in [0.5, 0.6) is 5.75 Å². The molecule has 7 heteroatoms. The van der Waals surface area contributed by atoms with Crippen molar-refractivity contribution in [3.8, 4) is 5.75 Å². The lowest BCUT2D eigenvalue weighted by Gasteiger charge is -2.23. The SMILES string of the molecule is COc1ccc(C)cc1/C(O)=C1\C(=O)C(=O)N(Cc2ccco2)C1c1ccccn1. The van der Waals surface area contributed by atoms with Gasteiger partial charge in [-0.05, 0) is 43.3 Å². The van der Waals surface area contributed by atoms with Crippen LogP contribution in [0.3, 0.4) is 0 Å². The second-order valence-electron chi connectivity index (χ2n) is 6.96. The highest BCUT2D eigenvalue weighted by Crippen LogP contribution is 2.41.